The van der Waals surface area contributed by atoms with Crippen molar-refractivity contribution in [3.63, 3.8) is 0 Å². The number of sulfonamides is 1. The first kappa shape index (κ1) is 19.0. The van der Waals surface area contributed by atoms with E-state index in [0.29, 0.717) is 0 Å². The largest absolute Gasteiger partial charge is 0.343 e. The van der Waals surface area contributed by atoms with Crippen LogP contribution >= 0.6 is 0 Å². The lowest BCUT2D eigenvalue weighted by Crippen LogP contribution is -2.33. The van der Waals surface area contributed by atoms with E-state index in [-0.39, 0.29) is 28.7 Å². The summed E-state index contributed by atoms with van der Waals surface area (Å²) in [5.41, 5.74) is 0.114. The minimum absolute atomic E-state index is 0.0261. The number of carbonyl (C=O) groups excluding carboxylic acids is 2. The quantitative estimate of drug-likeness (QED) is 0.667. The summed E-state index contributed by atoms with van der Waals surface area (Å²) < 4.78 is 40.5. The van der Waals surface area contributed by atoms with E-state index in [9.17, 15) is 22.4 Å². The van der Waals surface area contributed by atoms with E-state index in [1.807, 2.05) is 0 Å². The highest BCUT2D eigenvalue weighted by molar-refractivity contribution is 7.89. The van der Waals surface area contributed by atoms with Gasteiger partial charge in [-0.05, 0) is 43.2 Å². The number of halogens is 1. The fourth-order valence-corrected chi connectivity index (χ4v) is 3.69. The highest BCUT2D eigenvalue weighted by Crippen LogP contribution is 2.23. The molecule has 2 amide bonds. The number of carbonyl (C=O) groups is 2. The Morgan fingerprint density at radius 2 is 1.81 bits per heavy atom. The van der Waals surface area contributed by atoms with Crippen molar-refractivity contribution >= 4 is 27.5 Å². The zero-order valence-electron chi connectivity index (χ0n) is 14.2. The van der Waals surface area contributed by atoms with Crippen LogP contribution in [0.2, 0.25) is 0 Å². The number of hydrogen-bond donors (Lipinski definition) is 3. The smallest absolute Gasteiger partial charge is 0.254 e. The molecule has 0 spiro atoms. The van der Waals surface area contributed by atoms with Crippen LogP contribution in [-0.4, -0.2) is 32.8 Å². The van der Waals surface area contributed by atoms with Crippen molar-refractivity contribution in [2.45, 2.75) is 23.8 Å². The number of hydrogen-bond acceptors (Lipinski definition) is 4. The summed E-state index contributed by atoms with van der Waals surface area (Å²) >= 11 is 0. The number of benzene rings is 2. The van der Waals surface area contributed by atoms with E-state index in [4.69, 9.17) is 0 Å². The summed E-state index contributed by atoms with van der Waals surface area (Å²) in [6.45, 7) is -0.384. The third-order valence-electron chi connectivity index (χ3n) is 3.86. The van der Waals surface area contributed by atoms with Gasteiger partial charge >= 0.3 is 0 Å². The van der Waals surface area contributed by atoms with Gasteiger partial charge in [0.15, 0.2) is 0 Å². The maximum Gasteiger partial charge on any atom is 0.254 e. The van der Waals surface area contributed by atoms with Crippen LogP contribution in [0, 0.1) is 5.82 Å². The fourth-order valence-electron chi connectivity index (χ4n) is 2.34. The fraction of sp³-hybridized carbons (Fsp3) is 0.222. The molecule has 1 aliphatic rings. The molecule has 0 bridgehead atoms. The highest BCUT2D eigenvalue weighted by atomic mass is 32.2. The van der Waals surface area contributed by atoms with Crippen LogP contribution in [0.5, 0.6) is 0 Å². The molecule has 0 aromatic heterocycles. The summed E-state index contributed by atoms with van der Waals surface area (Å²) in [4.78, 5) is 23.9. The monoisotopic (exact) mass is 391 g/mol. The lowest BCUT2D eigenvalue weighted by atomic mass is 10.2. The molecule has 0 unspecified atom stereocenters. The van der Waals surface area contributed by atoms with Gasteiger partial charge in [0.05, 0.1) is 17.0 Å². The molecule has 0 heterocycles. The Balaban J connectivity index is 1.59. The minimum atomic E-state index is -3.63. The third kappa shape index (κ3) is 5.11. The molecule has 0 aliphatic heterocycles. The van der Waals surface area contributed by atoms with Crippen LogP contribution in [0.25, 0.3) is 0 Å². The topological polar surface area (TPSA) is 104 Å². The maximum absolute atomic E-state index is 13.5. The van der Waals surface area contributed by atoms with Gasteiger partial charge in [0.2, 0.25) is 15.9 Å². The zero-order valence-corrected chi connectivity index (χ0v) is 15.1. The second-order valence-corrected chi connectivity index (χ2v) is 7.85. The first-order valence-corrected chi connectivity index (χ1v) is 9.78. The Hall–Kier alpha value is -2.78. The van der Waals surface area contributed by atoms with Gasteiger partial charge in [-0.3, -0.25) is 9.59 Å². The lowest BCUT2D eigenvalue weighted by molar-refractivity contribution is -0.115. The minimum Gasteiger partial charge on any atom is -0.343 e. The first-order chi connectivity index (χ1) is 12.8. The average Bonchev–Trinajstić information content (AvgIpc) is 3.43. The van der Waals surface area contributed by atoms with E-state index >= 15 is 0 Å². The van der Waals surface area contributed by atoms with Crippen LogP contribution in [0.3, 0.4) is 0 Å². The van der Waals surface area contributed by atoms with Gasteiger partial charge < -0.3 is 10.6 Å². The number of amides is 2. The molecule has 2 aromatic rings. The van der Waals surface area contributed by atoms with E-state index in [1.165, 1.54) is 42.5 Å². The van der Waals surface area contributed by atoms with Crippen LogP contribution in [0.15, 0.2) is 53.4 Å². The van der Waals surface area contributed by atoms with E-state index in [0.717, 1.165) is 18.9 Å². The number of nitrogens with one attached hydrogen (secondary N) is 3. The molecule has 2 aromatic carbocycles. The highest BCUT2D eigenvalue weighted by Gasteiger charge is 2.28. The van der Waals surface area contributed by atoms with Gasteiger partial charge in [0, 0.05) is 11.7 Å². The van der Waals surface area contributed by atoms with Gasteiger partial charge in [-0.1, -0.05) is 18.2 Å². The molecule has 9 heteroatoms. The Morgan fingerprint density at radius 1 is 1.07 bits per heavy atom. The second-order valence-electron chi connectivity index (χ2n) is 6.13. The second kappa shape index (κ2) is 7.85. The van der Waals surface area contributed by atoms with E-state index in [1.54, 1.807) is 0 Å². The van der Waals surface area contributed by atoms with Crippen molar-refractivity contribution in [1.82, 2.24) is 10.0 Å². The van der Waals surface area contributed by atoms with Gasteiger partial charge in [-0.15, -0.1) is 0 Å². The molecule has 7 nitrogen and oxygen atoms in total. The Kier molecular flexibility index (Phi) is 5.52. The zero-order chi connectivity index (χ0) is 19.4. The molecule has 1 saturated carbocycles. The SMILES string of the molecule is O=C(CNC(=O)c1ccccc1F)Nc1cccc(S(=O)(=O)NC2CC2)c1. The summed E-state index contributed by atoms with van der Waals surface area (Å²) in [5, 5.41) is 4.82. The molecule has 1 aliphatic carbocycles. The Bertz CT molecular complexity index is 974. The van der Waals surface area contributed by atoms with Crippen molar-refractivity contribution in [1.29, 1.82) is 0 Å². The van der Waals surface area contributed by atoms with Crippen molar-refractivity contribution in [2.24, 2.45) is 0 Å². The normalized spacial score (nSPS) is 13.8. The standard InChI is InChI=1S/C18H18FN3O4S/c19-16-7-2-1-6-15(16)18(24)20-11-17(23)21-13-4-3-5-14(10-13)27(25,26)22-12-8-9-12/h1-7,10,12,22H,8-9,11H2,(H,20,24)(H,21,23). The third-order valence-corrected chi connectivity index (χ3v) is 5.37. The van der Waals surface area contributed by atoms with Crippen LogP contribution < -0.4 is 15.4 Å². The van der Waals surface area contributed by atoms with Crippen LogP contribution in [-0.2, 0) is 14.8 Å². The van der Waals surface area contributed by atoms with E-state index < -0.39 is 27.7 Å². The molecule has 3 rings (SSSR count). The van der Waals surface area contributed by atoms with Crippen molar-refractivity contribution in [3.05, 3.63) is 59.9 Å². The Labute approximate surface area is 156 Å². The van der Waals surface area contributed by atoms with Gasteiger partial charge in [-0.25, -0.2) is 17.5 Å². The molecule has 0 atom stereocenters. The van der Waals surface area contributed by atoms with Crippen molar-refractivity contribution in [3.8, 4) is 0 Å². The lowest BCUT2D eigenvalue weighted by Gasteiger charge is -2.10. The summed E-state index contributed by atoms with van der Waals surface area (Å²) in [6, 6.07) is 11.2. The van der Waals surface area contributed by atoms with Crippen LogP contribution in [0.4, 0.5) is 10.1 Å². The molecule has 0 radical (unpaired) electrons. The van der Waals surface area contributed by atoms with E-state index in [2.05, 4.69) is 15.4 Å². The van der Waals surface area contributed by atoms with Gasteiger partial charge in [-0.2, -0.15) is 0 Å². The summed E-state index contributed by atoms with van der Waals surface area (Å²) in [6.07, 6.45) is 1.63. The Morgan fingerprint density at radius 3 is 2.52 bits per heavy atom. The number of rotatable bonds is 7. The number of anilines is 1. The molecule has 3 N–H and O–H groups in total. The van der Waals surface area contributed by atoms with Crippen molar-refractivity contribution in [2.75, 3.05) is 11.9 Å². The molecule has 0 saturated heterocycles. The predicted molar refractivity (Wildman–Crippen MR) is 97.1 cm³/mol. The first-order valence-electron chi connectivity index (χ1n) is 8.30. The average molecular weight is 391 g/mol. The van der Waals surface area contributed by atoms with Gasteiger partial charge in [0.25, 0.3) is 5.91 Å². The van der Waals surface area contributed by atoms with Gasteiger partial charge in [0.1, 0.15) is 5.82 Å². The molecule has 1 fully saturated rings. The van der Waals surface area contributed by atoms with Crippen LogP contribution in [0.1, 0.15) is 23.2 Å². The molecular weight excluding hydrogens is 373 g/mol. The summed E-state index contributed by atoms with van der Waals surface area (Å²) in [5.74, 6) is -1.96. The molecular formula is C18H18FN3O4S. The summed E-state index contributed by atoms with van der Waals surface area (Å²) in [7, 11) is -3.63. The molecule has 142 valence electrons. The molecule has 27 heavy (non-hydrogen) atoms. The van der Waals surface area contributed by atoms with Crippen molar-refractivity contribution < 1.29 is 22.4 Å². The maximum atomic E-state index is 13.5. The predicted octanol–water partition coefficient (Wildman–Crippen LogP) is 1.63.